The Morgan fingerprint density at radius 2 is 1.94 bits per heavy atom. The van der Waals surface area contributed by atoms with Crippen LogP contribution in [0.5, 0.6) is 0 Å². The number of carbonyl (C=O) groups excluding carboxylic acids is 1. The number of thiazole rings is 1. The first-order valence-corrected chi connectivity index (χ1v) is 5.91. The Morgan fingerprint density at radius 1 is 1.19 bits per heavy atom. The molecule has 0 saturated heterocycles. The van der Waals surface area contributed by atoms with Crippen LogP contribution in [0.15, 0.2) is 35.9 Å². The van der Waals surface area contributed by atoms with Crippen LogP contribution in [0.4, 0.5) is 0 Å². The number of rotatable bonds is 1. The van der Waals surface area contributed by atoms with E-state index in [1.807, 2.05) is 36.7 Å². The molecule has 0 atom stereocenters. The number of hydrogen-bond donors (Lipinski definition) is 0. The summed E-state index contributed by atoms with van der Waals surface area (Å²) >= 11 is 1.60. The predicted octanol–water partition coefficient (Wildman–Crippen LogP) is 3.08. The van der Waals surface area contributed by atoms with Gasteiger partial charge in [-0.1, -0.05) is 24.3 Å². The van der Waals surface area contributed by atoms with E-state index in [-0.39, 0.29) is 5.78 Å². The van der Waals surface area contributed by atoms with Gasteiger partial charge in [0.1, 0.15) is 0 Å². The van der Waals surface area contributed by atoms with Crippen LogP contribution < -0.4 is 0 Å². The SMILES string of the molecule is Cc1scnc1C1=CC(=O)c2ccccc21. The number of fused-ring (bicyclic) bond motifs is 1. The fourth-order valence-electron chi connectivity index (χ4n) is 1.98. The third kappa shape index (κ3) is 1.25. The summed E-state index contributed by atoms with van der Waals surface area (Å²) in [6.07, 6.45) is 1.69. The first-order chi connectivity index (χ1) is 7.77. The third-order valence-corrected chi connectivity index (χ3v) is 3.52. The van der Waals surface area contributed by atoms with Crippen LogP contribution in [0.2, 0.25) is 0 Å². The maximum atomic E-state index is 11.8. The average Bonchev–Trinajstić information content (AvgIpc) is 2.84. The van der Waals surface area contributed by atoms with Gasteiger partial charge in [0.2, 0.25) is 0 Å². The van der Waals surface area contributed by atoms with Gasteiger partial charge in [0, 0.05) is 16.0 Å². The molecule has 0 bridgehead atoms. The van der Waals surface area contributed by atoms with Gasteiger partial charge in [-0.05, 0) is 18.6 Å². The first kappa shape index (κ1) is 9.48. The largest absolute Gasteiger partial charge is 0.289 e. The minimum absolute atomic E-state index is 0.0815. The summed E-state index contributed by atoms with van der Waals surface area (Å²) in [4.78, 5) is 17.3. The van der Waals surface area contributed by atoms with Crippen molar-refractivity contribution in [3.05, 3.63) is 57.6 Å². The molecular weight excluding hydrogens is 218 g/mol. The van der Waals surface area contributed by atoms with Crippen LogP contribution in [0.25, 0.3) is 5.57 Å². The van der Waals surface area contributed by atoms with Crippen LogP contribution in [0, 0.1) is 6.92 Å². The highest BCUT2D eigenvalue weighted by molar-refractivity contribution is 7.09. The monoisotopic (exact) mass is 227 g/mol. The van der Waals surface area contributed by atoms with E-state index < -0.39 is 0 Å². The molecule has 2 nitrogen and oxygen atoms in total. The van der Waals surface area contributed by atoms with Gasteiger partial charge in [-0.15, -0.1) is 11.3 Å². The summed E-state index contributed by atoms with van der Waals surface area (Å²) in [5.74, 6) is 0.0815. The van der Waals surface area contributed by atoms with Crippen LogP contribution in [0.3, 0.4) is 0 Å². The number of allylic oxidation sites excluding steroid dienone is 1. The molecule has 0 N–H and O–H groups in total. The zero-order valence-corrected chi connectivity index (χ0v) is 9.54. The molecule has 0 unspecified atom stereocenters. The molecule has 0 aliphatic heterocycles. The highest BCUT2D eigenvalue weighted by Crippen LogP contribution is 2.34. The topological polar surface area (TPSA) is 30.0 Å². The van der Waals surface area contributed by atoms with E-state index in [9.17, 15) is 4.79 Å². The highest BCUT2D eigenvalue weighted by atomic mass is 32.1. The van der Waals surface area contributed by atoms with Crippen molar-refractivity contribution in [2.24, 2.45) is 0 Å². The normalized spacial score (nSPS) is 13.8. The fourth-order valence-corrected chi connectivity index (χ4v) is 2.57. The van der Waals surface area contributed by atoms with Crippen molar-refractivity contribution in [2.75, 3.05) is 0 Å². The van der Waals surface area contributed by atoms with E-state index in [0.29, 0.717) is 0 Å². The number of benzene rings is 1. The number of nitrogens with zero attached hydrogens (tertiary/aromatic N) is 1. The Hall–Kier alpha value is -1.74. The Labute approximate surface area is 97.3 Å². The zero-order chi connectivity index (χ0) is 11.1. The second kappa shape index (κ2) is 3.39. The minimum atomic E-state index is 0.0815. The molecule has 1 aromatic carbocycles. The van der Waals surface area contributed by atoms with Crippen molar-refractivity contribution >= 4 is 22.7 Å². The number of ketones is 1. The summed E-state index contributed by atoms with van der Waals surface area (Å²) in [5, 5.41) is 0. The van der Waals surface area contributed by atoms with Gasteiger partial charge < -0.3 is 0 Å². The fraction of sp³-hybridized carbons (Fsp3) is 0.0769. The lowest BCUT2D eigenvalue weighted by molar-refractivity contribution is 0.105. The van der Waals surface area contributed by atoms with E-state index >= 15 is 0 Å². The Balaban J connectivity index is 2.23. The van der Waals surface area contributed by atoms with Gasteiger partial charge in [-0.2, -0.15) is 0 Å². The highest BCUT2D eigenvalue weighted by Gasteiger charge is 2.23. The van der Waals surface area contributed by atoms with Crippen LogP contribution in [-0.2, 0) is 0 Å². The zero-order valence-electron chi connectivity index (χ0n) is 8.73. The summed E-state index contributed by atoms with van der Waals surface area (Å²) in [6, 6.07) is 7.68. The van der Waals surface area contributed by atoms with Crippen LogP contribution in [0.1, 0.15) is 26.5 Å². The molecule has 1 aromatic heterocycles. The molecule has 78 valence electrons. The number of hydrogen-bond acceptors (Lipinski definition) is 3. The van der Waals surface area contributed by atoms with Crippen molar-refractivity contribution in [3.63, 3.8) is 0 Å². The van der Waals surface area contributed by atoms with Gasteiger partial charge in [-0.3, -0.25) is 4.79 Å². The lowest BCUT2D eigenvalue weighted by Gasteiger charge is -2.02. The molecule has 0 saturated carbocycles. The maximum Gasteiger partial charge on any atom is 0.187 e. The van der Waals surface area contributed by atoms with Crippen molar-refractivity contribution in [1.29, 1.82) is 0 Å². The van der Waals surface area contributed by atoms with Gasteiger partial charge in [-0.25, -0.2) is 4.98 Å². The molecule has 0 fully saturated rings. The Kier molecular flexibility index (Phi) is 2.01. The summed E-state index contributed by atoms with van der Waals surface area (Å²) in [7, 11) is 0. The molecule has 1 aliphatic rings. The smallest absolute Gasteiger partial charge is 0.187 e. The van der Waals surface area contributed by atoms with Gasteiger partial charge in [0.05, 0.1) is 11.2 Å². The molecule has 0 amide bonds. The summed E-state index contributed by atoms with van der Waals surface area (Å²) < 4.78 is 0. The molecule has 1 aliphatic carbocycles. The van der Waals surface area contributed by atoms with E-state index in [4.69, 9.17) is 0 Å². The molecule has 2 aromatic rings. The molecular formula is C13H9NOS. The number of aromatic nitrogens is 1. The van der Waals surface area contributed by atoms with E-state index in [1.54, 1.807) is 17.4 Å². The standard InChI is InChI=1S/C13H9NOS/c1-8-13(14-7-16-8)11-6-12(15)10-5-3-2-4-9(10)11/h2-7H,1H3. The van der Waals surface area contributed by atoms with Crippen molar-refractivity contribution in [2.45, 2.75) is 6.92 Å². The molecule has 0 radical (unpaired) electrons. The molecule has 0 spiro atoms. The van der Waals surface area contributed by atoms with Crippen molar-refractivity contribution in [1.82, 2.24) is 4.98 Å². The number of carbonyl (C=O) groups is 1. The predicted molar refractivity (Wildman–Crippen MR) is 64.7 cm³/mol. The van der Waals surface area contributed by atoms with E-state index in [2.05, 4.69) is 4.98 Å². The van der Waals surface area contributed by atoms with Gasteiger partial charge >= 0.3 is 0 Å². The second-order valence-electron chi connectivity index (χ2n) is 3.73. The molecule has 1 heterocycles. The molecule has 3 heteroatoms. The quantitative estimate of drug-likeness (QED) is 0.749. The third-order valence-electron chi connectivity index (χ3n) is 2.76. The van der Waals surface area contributed by atoms with Crippen molar-refractivity contribution in [3.8, 4) is 0 Å². The van der Waals surface area contributed by atoms with Gasteiger partial charge in [0.15, 0.2) is 5.78 Å². The van der Waals surface area contributed by atoms with Crippen LogP contribution in [-0.4, -0.2) is 10.8 Å². The van der Waals surface area contributed by atoms with Gasteiger partial charge in [0.25, 0.3) is 0 Å². The van der Waals surface area contributed by atoms with E-state index in [0.717, 1.165) is 27.3 Å². The second-order valence-corrected chi connectivity index (χ2v) is 4.78. The van der Waals surface area contributed by atoms with Crippen LogP contribution >= 0.6 is 11.3 Å². The Bertz CT molecular complexity index is 610. The molecule has 3 rings (SSSR count). The lowest BCUT2D eigenvalue weighted by atomic mass is 10.0. The maximum absolute atomic E-state index is 11.8. The minimum Gasteiger partial charge on any atom is -0.289 e. The lowest BCUT2D eigenvalue weighted by Crippen LogP contribution is -1.90. The molecule has 16 heavy (non-hydrogen) atoms. The average molecular weight is 227 g/mol. The summed E-state index contributed by atoms with van der Waals surface area (Å²) in [5.41, 5.74) is 5.49. The summed E-state index contributed by atoms with van der Waals surface area (Å²) in [6.45, 7) is 2.03. The van der Waals surface area contributed by atoms with Crippen molar-refractivity contribution < 1.29 is 4.79 Å². The first-order valence-electron chi connectivity index (χ1n) is 5.03. The number of aryl methyl sites for hydroxylation is 1. The van der Waals surface area contributed by atoms with E-state index in [1.165, 1.54) is 0 Å². The Morgan fingerprint density at radius 3 is 2.62 bits per heavy atom.